The number of aromatic nitrogens is 4. The van der Waals surface area contributed by atoms with Crippen molar-refractivity contribution in [2.75, 3.05) is 13.1 Å². The van der Waals surface area contributed by atoms with Crippen molar-refractivity contribution in [2.45, 2.75) is 61.8 Å². The molecule has 36 heavy (non-hydrogen) atoms. The summed E-state index contributed by atoms with van der Waals surface area (Å²) in [5.41, 5.74) is 3.40. The van der Waals surface area contributed by atoms with Crippen molar-refractivity contribution in [2.24, 2.45) is 7.05 Å². The normalized spacial score (nSPS) is 21.7. The first-order valence-electron chi connectivity index (χ1n) is 13.1. The predicted octanol–water partition coefficient (Wildman–Crippen LogP) is 5.19. The highest BCUT2D eigenvalue weighted by molar-refractivity contribution is 7.90. The van der Waals surface area contributed by atoms with Crippen LogP contribution in [0.3, 0.4) is 0 Å². The second-order valence-electron chi connectivity index (χ2n) is 10.3. The van der Waals surface area contributed by atoms with Gasteiger partial charge >= 0.3 is 0 Å². The fraction of sp³-hybridized carbons (Fsp3) is 0.429. The zero-order valence-corrected chi connectivity index (χ0v) is 21.6. The number of benzene rings is 1. The minimum absolute atomic E-state index is 0.251. The molecule has 0 atom stereocenters. The summed E-state index contributed by atoms with van der Waals surface area (Å²) < 4.78 is 30.2. The molecular weight excluding hydrogens is 470 g/mol. The molecule has 4 aromatic rings. The van der Waals surface area contributed by atoms with Crippen LogP contribution in [0.2, 0.25) is 0 Å². The quantitative estimate of drug-likeness (QED) is 0.375. The lowest BCUT2D eigenvalue weighted by Gasteiger charge is -2.39. The molecule has 0 amide bonds. The second-order valence-corrected chi connectivity index (χ2v) is 12.1. The minimum Gasteiger partial charge on any atom is -0.300 e. The van der Waals surface area contributed by atoms with Crippen LogP contribution in [0.4, 0.5) is 0 Å². The number of aryl methyl sites for hydroxylation is 1. The van der Waals surface area contributed by atoms with Gasteiger partial charge in [-0.3, -0.25) is 4.68 Å². The molecule has 188 valence electrons. The molecule has 0 unspecified atom stereocenters. The van der Waals surface area contributed by atoms with E-state index in [1.807, 2.05) is 25.5 Å². The Hall–Kier alpha value is -2.97. The van der Waals surface area contributed by atoms with Crippen LogP contribution in [0, 0.1) is 0 Å². The van der Waals surface area contributed by atoms with Crippen molar-refractivity contribution < 1.29 is 8.42 Å². The first kappa shape index (κ1) is 23.4. The van der Waals surface area contributed by atoms with Crippen LogP contribution in [0.15, 0.2) is 66.1 Å². The molecule has 1 saturated heterocycles. The Balaban J connectivity index is 1.36. The lowest BCUT2D eigenvalue weighted by atomic mass is 9.81. The molecule has 0 spiro atoms. The molecule has 4 heterocycles. The van der Waals surface area contributed by atoms with E-state index in [0.29, 0.717) is 17.6 Å². The summed E-state index contributed by atoms with van der Waals surface area (Å²) in [6.07, 6.45) is 16.1. The van der Waals surface area contributed by atoms with E-state index in [-0.39, 0.29) is 4.90 Å². The van der Waals surface area contributed by atoms with E-state index in [1.165, 1.54) is 54.7 Å². The van der Waals surface area contributed by atoms with E-state index in [2.05, 4.69) is 16.1 Å². The average molecular weight is 504 g/mol. The Bertz CT molecular complexity index is 1460. The van der Waals surface area contributed by atoms with Gasteiger partial charge in [0.15, 0.2) is 5.65 Å². The Morgan fingerprint density at radius 3 is 2.36 bits per heavy atom. The van der Waals surface area contributed by atoms with E-state index >= 15 is 0 Å². The molecule has 8 heteroatoms. The summed E-state index contributed by atoms with van der Waals surface area (Å²) in [4.78, 5) is 7.71. The second kappa shape index (κ2) is 9.48. The lowest BCUT2D eigenvalue weighted by molar-refractivity contribution is 0.125. The molecule has 2 aliphatic rings. The van der Waals surface area contributed by atoms with E-state index in [4.69, 9.17) is 4.98 Å². The third kappa shape index (κ3) is 4.26. The van der Waals surface area contributed by atoms with Crippen molar-refractivity contribution in [1.82, 2.24) is 23.6 Å². The van der Waals surface area contributed by atoms with Crippen LogP contribution in [-0.4, -0.2) is 51.2 Å². The Kier molecular flexibility index (Phi) is 6.17. The maximum atomic E-state index is 13.6. The first-order valence-corrected chi connectivity index (χ1v) is 14.5. The molecule has 1 aliphatic heterocycles. The van der Waals surface area contributed by atoms with E-state index in [1.54, 1.807) is 41.3 Å². The van der Waals surface area contributed by atoms with Gasteiger partial charge in [-0.15, -0.1) is 0 Å². The van der Waals surface area contributed by atoms with Crippen LogP contribution in [-0.2, 0) is 17.1 Å². The maximum Gasteiger partial charge on any atom is 0.269 e. The standard InChI is InChI=1S/C28H33N5O2S/c1-31-19-23(18-30-31)27-20-33(36(34,35)25-8-4-2-5-9-25)28-26(27)16-22(17-29-28)21-10-12-24(13-11-21)32-14-6-3-7-15-32/h2,4-5,8-9,16-21,24H,3,6-7,10-15H2,1H3. The number of piperidine rings is 1. The number of nitrogens with zero attached hydrogens (tertiary/aromatic N) is 5. The summed E-state index contributed by atoms with van der Waals surface area (Å²) in [7, 11) is -1.91. The van der Waals surface area contributed by atoms with Crippen molar-refractivity contribution in [3.63, 3.8) is 0 Å². The molecule has 3 aromatic heterocycles. The molecular formula is C28H33N5O2S. The summed E-state index contributed by atoms with van der Waals surface area (Å²) in [6, 6.07) is 11.4. The van der Waals surface area contributed by atoms with Gasteiger partial charge in [0.2, 0.25) is 0 Å². The smallest absolute Gasteiger partial charge is 0.269 e. The molecule has 1 aliphatic carbocycles. The number of fused-ring (bicyclic) bond motifs is 1. The number of pyridine rings is 1. The van der Waals surface area contributed by atoms with Gasteiger partial charge in [-0.2, -0.15) is 5.10 Å². The van der Waals surface area contributed by atoms with Gasteiger partial charge in [0.05, 0.1) is 11.1 Å². The van der Waals surface area contributed by atoms with Gasteiger partial charge in [0, 0.05) is 48.2 Å². The molecule has 0 bridgehead atoms. The van der Waals surface area contributed by atoms with Crippen molar-refractivity contribution in [3.8, 4) is 11.1 Å². The largest absolute Gasteiger partial charge is 0.300 e. The lowest BCUT2D eigenvalue weighted by Crippen LogP contribution is -2.41. The average Bonchev–Trinajstić information content (AvgIpc) is 3.53. The summed E-state index contributed by atoms with van der Waals surface area (Å²) >= 11 is 0. The van der Waals surface area contributed by atoms with Crippen molar-refractivity contribution in [3.05, 3.63) is 66.7 Å². The Morgan fingerprint density at radius 1 is 0.917 bits per heavy atom. The van der Waals surface area contributed by atoms with Gasteiger partial charge in [-0.1, -0.05) is 24.6 Å². The van der Waals surface area contributed by atoms with Crippen LogP contribution in [0.25, 0.3) is 22.2 Å². The Morgan fingerprint density at radius 2 is 1.67 bits per heavy atom. The zero-order chi connectivity index (χ0) is 24.7. The fourth-order valence-corrected chi connectivity index (χ4v) is 7.40. The zero-order valence-electron chi connectivity index (χ0n) is 20.8. The van der Waals surface area contributed by atoms with Crippen LogP contribution in [0.5, 0.6) is 0 Å². The predicted molar refractivity (Wildman–Crippen MR) is 141 cm³/mol. The fourth-order valence-electron chi connectivity index (χ4n) is 6.06. The Labute approximate surface area is 212 Å². The first-order chi connectivity index (χ1) is 17.5. The van der Waals surface area contributed by atoms with E-state index in [9.17, 15) is 8.42 Å². The number of hydrogen-bond donors (Lipinski definition) is 0. The highest BCUT2D eigenvalue weighted by Gasteiger charge is 2.29. The van der Waals surface area contributed by atoms with E-state index in [0.717, 1.165) is 29.4 Å². The molecule has 1 saturated carbocycles. The topological polar surface area (TPSA) is 73.0 Å². The molecule has 7 nitrogen and oxygen atoms in total. The van der Waals surface area contributed by atoms with E-state index < -0.39 is 10.0 Å². The number of rotatable bonds is 5. The number of likely N-dealkylation sites (tertiary alicyclic amines) is 1. The van der Waals surface area contributed by atoms with Crippen molar-refractivity contribution >= 4 is 21.1 Å². The molecule has 2 fully saturated rings. The van der Waals surface area contributed by atoms with Crippen LogP contribution >= 0.6 is 0 Å². The maximum absolute atomic E-state index is 13.6. The van der Waals surface area contributed by atoms with Gasteiger partial charge in [0.25, 0.3) is 10.0 Å². The SMILES string of the molecule is Cn1cc(-c2cn(S(=O)(=O)c3ccccc3)c3ncc(C4CCC(N5CCCCC5)CC4)cc23)cn1. The van der Waals surface area contributed by atoms with Gasteiger partial charge in [-0.05, 0) is 81.3 Å². The molecule has 0 radical (unpaired) electrons. The highest BCUT2D eigenvalue weighted by atomic mass is 32.2. The molecule has 0 N–H and O–H groups in total. The summed E-state index contributed by atoms with van der Waals surface area (Å²) in [6.45, 7) is 2.50. The van der Waals surface area contributed by atoms with Crippen LogP contribution in [0.1, 0.15) is 56.4 Å². The highest BCUT2D eigenvalue weighted by Crippen LogP contribution is 2.38. The third-order valence-electron chi connectivity index (χ3n) is 8.02. The minimum atomic E-state index is -3.78. The van der Waals surface area contributed by atoms with Crippen LogP contribution < -0.4 is 0 Å². The molecule has 1 aromatic carbocycles. The van der Waals surface area contributed by atoms with Gasteiger partial charge in [0.1, 0.15) is 0 Å². The van der Waals surface area contributed by atoms with Crippen molar-refractivity contribution in [1.29, 1.82) is 0 Å². The van der Waals surface area contributed by atoms with Gasteiger partial charge in [-0.25, -0.2) is 17.4 Å². The molecule has 6 rings (SSSR count). The van der Waals surface area contributed by atoms with Gasteiger partial charge < -0.3 is 4.90 Å². The summed E-state index contributed by atoms with van der Waals surface area (Å²) in [5.74, 6) is 0.457. The monoisotopic (exact) mass is 503 g/mol. The third-order valence-corrected chi connectivity index (χ3v) is 9.69. The number of hydrogen-bond acceptors (Lipinski definition) is 5. The summed E-state index contributed by atoms with van der Waals surface area (Å²) in [5, 5.41) is 5.19.